The van der Waals surface area contributed by atoms with Gasteiger partial charge in [-0.3, -0.25) is 0 Å². The Balaban J connectivity index is 1.72. The number of carbonyl (C=O) groups excluding carboxylic acids is 1. The van der Waals surface area contributed by atoms with Crippen molar-refractivity contribution in [1.29, 1.82) is 0 Å². The Labute approximate surface area is 141 Å². The number of ether oxygens (including phenoxy) is 1. The van der Waals surface area contributed by atoms with Crippen molar-refractivity contribution < 1.29 is 9.53 Å². The van der Waals surface area contributed by atoms with Crippen molar-refractivity contribution in [2.75, 3.05) is 13.7 Å². The highest BCUT2D eigenvalue weighted by molar-refractivity contribution is 6.30. The molecule has 5 heteroatoms. The molecule has 0 aliphatic heterocycles. The summed E-state index contributed by atoms with van der Waals surface area (Å²) in [5.74, 6) is 0.816. The van der Waals surface area contributed by atoms with Crippen molar-refractivity contribution in [3.8, 4) is 5.75 Å². The zero-order chi connectivity index (χ0) is 16.5. The van der Waals surface area contributed by atoms with Crippen molar-refractivity contribution in [2.24, 2.45) is 0 Å². The van der Waals surface area contributed by atoms with Gasteiger partial charge in [0, 0.05) is 17.8 Å². The van der Waals surface area contributed by atoms with Gasteiger partial charge in [-0.1, -0.05) is 35.9 Å². The molecule has 0 radical (unpaired) electrons. The topological polar surface area (TPSA) is 50.4 Å². The lowest BCUT2D eigenvalue weighted by atomic mass is 10.1. The second-order valence-electron chi connectivity index (χ2n) is 4.89. The summed E-state index contributed by atoms with van der Waals surface area (Å²) in [6.07, 6.45) is 4.11. The number of urea groups is 1. The van der Waals surface area contributed by atoms with E-state index in [0.717, 1.165) is 23.3 Å². The van der Waals surface area contributed by atoms with E-state index in [1.807, 2.05) is 42.5 Å². The molecule has 2 amide bonds. The number of nitrogens with one attached hydrogen (secondary N) is 2. The lowest BCUT2D eigenvalue weighted by Gasteiger charge is -2.06. The first-order valence-electron chi connectivity index (χ1n) is 7.27. The number of carbonyl (C=O) groups is 1. The third-order valence-electron chi connectivity index (χ3n) is 3.17. The number of hydrogen-bond acceptors (Lipinski definition) is 2. The van der Waals surface area contributed by atoms with Crippen molar-refractivity contribution in [2.45, 2.75) is 6.42 Å². The zero-order valence-corrected chi connectivity index (χ0v) is 13.6. The van der Waals surface area contributed by atoms with Crippen LogP contribution in [0.15, 0.2) is 54.7 Å². The van der Waals surface area contributed by atoms with E-state index in [1.54, 1.807) is 25.5 Å². The summed E-state index contributed by atoms with van der Waals surface area (Å²) in [7, 11) is 1.64. The number of hydrogen-bond donors (Lipinski definition) is 2. The molecule has 0 heterocycles. The van der Waals surface area contributed by atoms with Crippen LogP contribution in [-0.2, 0) is 6.42 Å². The van der Waals surface area contributed by atoms with Gasteiger partial charge in [0.1, 0.15) is 5.75 Å². The summed E-state index contributed by atoms with van der Waals surface area (Å²) in [6, 6.07) is 14.9. The molecule has 0 fully saturated rings. The van der Waals surface area contributed by atoms with E-state index in [2.05, 4.69) is 10.6 Å². The molecule has 0 aromatic heterocycles. The molecule has 2 N–H and O–H groups in total. The van der Waals surface area contributed by atoms with Crippen LogP contribution in [0.5, 0.6) is 5.75 Å². The monoisotopic (exact) mass is 330 g/mol. The van der Waals surface area contributed by atoms with Crippen LogP contribution < -0.4 is 15.4 Å². The Morgan fingerprint density at radius 3 is 2.83 bits per heavy atom. The van der Waals surface area contributed by atoms with E-state index in [1.165, 1.54) is 0 Å². The minimum Gasteiger partial charge on any atom is -0.497 e. The first kappa shape index (κ1) is 16.9. The van der Waals surface area contributed by atoms with Gasteiger partial charge >= 0.3 is 6.03 Å². The Hall–Kier alpha value is -2.46. The van der Waals surface area contributed by atoms with Crippen LogP contribution in [0.25, 0.3) is 6.08 Å². The molecule has 0 saturated heterocycles. The number of amides is 2. The predicted molar refractivity (Wildman–Crippen MR) is 93.7 cm³/mol. The molecular formula is C18H19ClN2O2. The van der Waals surface area contributed by atoms with Crippen LogP contribution in [0.2, 0.25) is 5.02 Å². The molecule has 23 heavy (non-hydrogen) atoms. The maximum absolute atomic E-state index is 11.7. The Morgan fingerprint density at radius 2 is 2.04 bits per heavy atom. The van der Waals surface area contributed by atoms with Crippen molar-refractivity contribution >= 4 is 23.7 Å². The molecule has 0 spiro atoms. The van der Waals surface area contributed by atoms with E-state index in [-0.39, 0.29) is 6.03 Å². The maximum atomic E-state index is 11.7. The first-order chi connectivity index (χ1) is 11.2. The van der Waals surface area contributed by atoms with Gasteiger partial charge in [0.05, 0.1) is 7.11 Å². The second-order valence-corrected chi connectivity index (χ2v) is 5.33. The van der Waals surface area contributed by atoms with Gasteiger partial charge in [-0.25, -0.2) is 4.79 Å². The van der Waals surface area contributed by atoms with Crippen LogP contribution in [-0.4, -0.2) is 19.7 Å². The summed E-state index contributed by atoms with van der Waals surface area (Å²) in [6.45, 7) is 0.546. The molecule has 0 bridgehead atoms. The molecular weight excluding hydrogens is 312 g/mol. The third kappa shape index (κ3) is 6.04. The Morgan fingerprint density at radius 1 is 1.22 bits per heavy atom. The second kappa shape index (κ2) is 8.86. The highest BCUT2D eigenvalue weighted by atomic mass is 35.5. The number of rotatable bonds is 6. The van der Waals surface area contributed by atoms with Gasteiger partial charge < -0.3 is 15.4 Å². The molecule has 2 aromatic carbocycles. The maximum Gasteiger partial charge on any atom is 0.318 e. The lowest BCUT2D eigenvalue weighted by molar-refractivity contribution is 0.244. The minimum atomic E-state index is -0.244. The fourth-order valence-corrected chi connectivity index (χ4v) is 2.22. The summed E-state index contributed by atoms with van der Waals surface area (Å²) in [5, 5.41) is 6.12. The van der Waals surface area contributed by atoms with E-state index in [0.29, 0.717) is 11.6 Å². The fraction of sp³-hybridized carbons (Fsp3) is 0.167. The van der Waals surface area contributed by atoms with Gasteiger partial charge in [-0.15, -0.1) is 0 Å². The van der Waals surface area contributed by atoms with E-state index >= 15 is 0 Å². The molecule has 0 aliphatic carbocycles. The lowest BCUT2D eigenvalue weighted by Crippen LogP contribution is -2.33. The Kier molecular flexibility index (Phi) is 6.51. The zero-order valence-electron chi connectivity index (χ0n) is 12.9. The van der Waals surface area contributed by atoms with E-state index in [4.69, 9.17) is 16.3 Å². The smallest absolute Gasteiger partial charge is 0.318 e. The van der Waals surface area contributed by atoms with Gasteiger partial charge in [-0.2, -0.15) is 0 Å². The molecule has 2 rings (SSSR count). The molecule has 0 aliphatic rings. The van der Waals surface area contributed by atoms with E-state index in [9.17, 15) is 4.79 Å². The molecule has 120 valence electrons. The summed E-state index contributed by atoms with van der Waals surface area (Å²) in [5.41, 5.74) is 2.04. The number of methoxy groups -OCH3 is 1. The van der Waals surface area contributed by atoms with Gasteiger partial charge in [0.15, 0.2) is 0 Å². The van der Waals surface area contributed by atoms with Crippen molar-refractivity contribution in [1.82, 2.24) is 10.6 Å². The van der Waals surface area contributed by atoms with Gasteiger partial charge in [0.2, 0.25) is 0 Å². The highest BCUT2D eigenvalue weighted by Gasteiger charge is 1.99. The first-order valence-corrected chi connectivity index (χ1v) is 7.64. The van der Waals surface area contributed by atoms with Crippen LogP contribution in [0, 0.1) is 0 Å². The molecule has 0 atom stereocenters. The summed E-state index contributed by atoms with van der Waals surface area (Å²) in [4.78, 5) is 11.7. The Bertz CT molecular complexity index is 686. The minimum absolute atomic E-state index is 0.244. The largest absolute Gasteiger partial charge is 0.497 e. The fourth-order valence-electron chi connectivity index (χ4n) is 2.02. The average Bonchev–Trinajstić information content (AvgIpc) is 2.55. The summed E-state index contributed by atoms with van der Waals surface area (Å²) >= 11 is 5.89. The van der Waals surface area contributed by atoms with Crippen LogP contribution >= 0.6 is 11.6 Å². The number of benzene rings is 2. The number of halogens is 1. The molecule has 4 nitrogen and oxygen atoms in total. The average molecular weight is 331 g/mol. The SMILES string of the molecule is COc1cccc(CCNC(=O)N/C=C/c2cccc(Cl)c2)c1. The molecule has 2 aromatic rings. The van der Waals surface area contributed by atoms with Gasteiger partial charge in [-0.05, 0) is 47.9 Å². The van der Waals surface area contributed by atoms with Crippen LogP contribution in [0.3, 0.4) is 0 Å². The molecule has 0 saturated carbocycles. The van der Waals surface area contributed by atoms with E-state index < -0.39 is 0 Å². The van der Waals surface area contributed by atoms with Crippen LogP contribution in [0.1, 0.15) is 11.1 Å². The summed E-state index contributed by atoms with van der Waals surface area (Å²) < 4.78 is 5.17. The standard InChI is InChI=1S/C18H19ClN2O2/c1-23-17-7-3-5-15(13-17)9-11-21-18(22)20-10-8-14-4-2-6-16(19)12-14/h2-8,10,12-13H,9,11H2,1H3,(H2,20,21,22)/b10-8+. The highest BCUT2D eigenvalue weighted by Crippen LogP contribution is 2.12. The van der Waals surface area contributed by atoms with Crippen LogP contribution in [0.4, 0.5) is 4.79 Å². The van der Waals surface area contributed by atoms with Gasteiger partial charge in [0.25, 0.3) is 0 Å². The quantitative estimate of drug-likeness (QED) is 0.845. The van der Waals surface area contributed by atoms with Crippen molar-refractivity contribution in [3.05, 3.63) is 70.9 Å². The molecule has 0 unspecified atom stereocenters. The van der Waals surface area contributed by atoms with Crippen molar-refractivity contribution in [3.63, 3.8) is 0 Å². The normalized spacial score (nSPS) is 10.5. The predicted octanol–water partition coefficient (Wildman–Crippen LogP) is 3.86. The third-order valence-corrected chi connectivity index (χ3v) is 3.41.